The molecule has 0 amide bonds. The van der Waals surface area contributed by atoms with Gasteiger partial charge in [0.15, 0.2) is 5.78 Å². The molecule has 2 fully saturated rings. The minimum Gasteiger partial charge on any atom is -0.489 e. The van der Waals surface area contributed by atoms with Gasteiger partial charge in [0.25, 0.3) is 0 Å². The van der Waals surface area contributed by atoms with Gasteiger partial charge in [-0.1, -0.05) is 43.3 Å². The molecule has 2 aromatic rings. The minimum absolute atomic E-state index is 0.0306. The average Bonchev–Trinajstić information content (AvgIpc) is 3.17. The van der Waals surface area contributed by atoms with Gasteiger partial charge in [0.1, 0.15) is 17.8 Å². The highest BCUT2D eigenvalue weighted by Crippen LogP contribution is 2.64. The summed E-state index contributed by atoms with van der Waals surface area (Å²) >= 11 is 0. The largest absolute Gasteiger partial charge is 0.489 e. The molecule has 0 radical (unpaired) electrons. The molecule has 0 aliphatic heterocycles. The Morgan fingerprint density at radius 3 is 2.54 bits per heavy atom. The monoisotopic (exact) mass is 504 g/mol. The van der Waals surface area contributed by atoms with Crippen molar-refractivity contribution in [2.45, 2.75) is 64.4 Å². The number of benzene rings is 2. The maximum Gasteiger partial charge on any atom is 0.319 e. The number of ketones is 1. The van der Waals surface area contributed by atoms with Crippen LogP contribution >= 0.6 is 0 Å². The normalized spacial score (nSPS) is 30.0. The molecular formula is C31H36O6. The van der Waals surface area contributed by atoms with Crippen molar-refractivity contribution in [3.63, 3.8) is 0 Å². The zero-order valence-corrected chi connectivity index (χ0v) is 22.0. The molecule has 0 aromatic heterocycles. The van der Waals surface area contributed by atoms with Crippen LogP contribution in [0.3, 0.4) is 0 Å². The first-order valence-electron chi connectivity index (χ1n) is 13.3. The molecule has 6 nitrogen and oxygen atoms in total. The van der Waals surface area contributed by atoms with E-state index in [1.165, 1.54) is 25.3 Å². The van der Waals surface area contributed by atoms with Gasteiger partial charge >= 0.3 is 11.9 Å². The molecule has 0 N–H and O–H groups in total. The molecule has 5 rings (SSSR count). The third-order valence-corrected chi connectivity index (χ3v) is 9.42. The van der Waals surface area contributed by atoms with E-state index in [9.17, 15) is 14.4 Å². The molecule has 0 saturated heterocycles. The van der Waals surface area contributed by atoms with E-state index in [0.717, 1.165) is 37.0 Å². The molecule has 2 aromatic carbocycles. The zero-order valence-electron chi connectivity index (χ0n) is 22.0. The standard InChI is InChI=1S/C31H36O6/c1-30-15-13-24-23-12-10-22(37-19-20-7-5-4-6-8-20)17-21(23)9-11-25(24)26(30)18-31(28(30)33,29(34)36-3)16-14-27(32)35-2/h4-8,10,12,17,24-26H,9,11,13-16,18-19H2,1-3H3/t24-,25-,26+,30+,31+/m1/s1. The van der Waals surface area contributed by atoms with E-state index < -0.39 is 22.8 Å². The van der Waals surface area contributed by atoms with Crippen LogP contribution in [0.5, 0.6) is 5.75 Å². The summed E-state index contributed by atoms with van der Waals surface area (Å²) in [5.41, 5.74) is 1.96. The van der Waals surface area contributed by atoms with Crippen molar-refractivity contribution >= 4 is 17.7 Å². The Morgan fingerprint density at radius 2 is 1.81 bits per heavy atom. The molecule has 196 valence electrons. The number of carbonyl (C=O) groups excluding carboxylic acids is 3. The summed E-state index contributed by atoms with van der Waals surface area (Å²) in [5, 5.41) is 0. The lowest BCUT2D eigenvalue weighted by atomic mass is 9.55. The molecule has 2 saturated carbocycles. The maximum absolute atomic E-state index is 14.0. The Hall–Kier alpha value is -3.15. The first kappa shape index (κ1) is 25.5. The van der Waals surface area contributed by atoms with Crippen LogP contribution in [0.1, 0.15) is 68.1 Å². The van der Waals surface area contributed by atoms with Crippen LogP contribution in [0.2, 0.25) is 0 Å². The number of hydrogen-bond donors (Lipinski definition) is 0. The lowest BCUT2D eigenvalue weighted by Gasteiger charge is -2.48. The lowest BCUT2D eigenvalue weighted by Crippen LogP contribution is -2.45. The van der Waals surface area contributed by atoms with Crippen molar-refractivity contribution in [1.29, 1.82) is 0 Å². The second-order valence-corrected chi connectivity index (χ2v) is 11.2. The highest BCUT2D eigenvalue weighted by Gasteiger charge is 2.66. The number of methoxy groups -OCH3 is 2. The van der Waals surface area contributed by atoms with Crippen molar-refractivity contribution in [2.24, 2.45) is 22.7 Å². The first-order valence-corrected chi connectivity index (χ1v) is 13.3. The zero-order chi connectivity index (χ0) is 26.2. The van der Waals surface area contributed by atoms with Crippen LogP contribution in [0.4, 0.5) is 0 Å². The molecule has 0 heterocycles. The molecule has 0 bridgehead atoms. The third-order valence-electron chi connectivity index (χ3n) is 9.42. The Labute approximate surface area is 218 Å². The summed E-state index contributed by atoms with van der Waals surface area (Å²) in [5.74, 6) is 0.663. The fraction of sp³-hybridized carbons (Fsp3) is 0.516. The SMILES string of the molecule is COC(=O)CC[C@]1(C(=O)OC)C[C@H]2[C@@H]3CCc4cc(OCc5ccccc5)ccc4[C@H]3CC[C@]2(C)C1=O. The van der Waals surface area contributed by atoms with Gasteiger partial charge in [-0.3, -0.25) is 14.4 Å². The third kappa shape index (κ3) is 4.34. The van der Waals surface area contributed by atoms with Crippen molar-refractivity contribution in [1.82, 2.24) is 0 Å². The van der Waals surface area contributed by atoms with Crippen LogP contribution in [0.25, 0.3) is 0 Å². The summed E-state index contributed by atoms with van der Waals surface area (Å²) in [6.07, 6.45) is 4.17. The van der Waals surface area contributed by atoms with Crippen molar-refractivity contribution in [3.05, 3.63) is 65.2 Å². The number of rotatable bonds is 7. The fourth-order valence-electron chi connectivity index (χ4n) is 7.49. The van der Waals surface area contributed by atoms with Gasteiger partial charge in [0, 0.05) is 11.8 Å². The summed E-state index contributed by atoms with van der Waals surface area (Å²) in [6, 6.07) is 16.6. The van der Waals surface area contributed by atoms with E-state index in [0.29, 0.717) is 24.9 Å². The van der Waals surface area contributed by atoms with Crippen molar-refractivity contribution in [3.8, 4) is 5.75 Å². The quantitative estimate of drug-likeness (QED) is 0.370. The topological polar surface area (TPSA) is 78.9 Å². The molecule has 3 aliphatic rings. The predicted molar refractivity (Wildman–Crippen MR) is 138 cm³/mol. The van der Waals surface area contributed by atoms with Gasteiger partial charge in [-0.15, -0.1) is 0 Å². The van der Waals surface area contributed by atoms with E-state index in [1.807, 2.05) is 25.1 Å². The van der Waals surface area contributed by atoms with Gasteiger partial charge < -0.3 is 14.2 Å². The Kier molecular flexibility index (Phi) is 6.86. The van der Waals surface area contributed by atoms with Crippen LogP contribution in [-0.4, -0.2) is 31.9 Å². The smallest absolute Gasteiger partial charge is 0.319 e. The van der Waals surface area contributed by atoms with Gasteiger partial charge in [-0.25, -0.2) is 0 Å². The second-order valence-electron chi connectivity index (χ2n) is 11.2. The highest BCUT2D eigenvalue weighted by molar-refractivity contribution is 6.08. The Balaban J connectivity index is 1.38. The maximum atomic E-state index is 14.0. The van der Waals surface area contributed by atoms with Crippen LogP contribution in [-0.2, 0) is 36.9 Å². The highest BCUT2D eigenvalue weighted by atomic mass is 16.5. The molecular weight excluding hydrogens is 468 g/mol. The molecule has 6 heteroatoms. The number of ether oxygens (including phenoxy) is 3. The van der Waals surface area contributed by atoms with E-state index >= 15 is 0 Å². The summed E-state index contributed by atoms with van der Waals surface area (Å²) in [4.78, 5) is 39.0. The number of Topliss-reactive ketones (excluding diaryl/α,β-unsaturated/α-hetero) is 1. The minimum atomic E-state index is -1.27. The van der Waals surface area contributed by atoms with Crippen LogP contribution in [0, 0.1) is 22.7 Å². The van der Waals surface area contributed by atoms with Gasteiger partial charge in [0.2, 0.25) is 0 Å². The van der Waals surface area contributed by atoms with Crippen molar-refractivity contribution < 1.29 is 28.6 Å². The van der Waals surface area contributed by atoms with Gasteiger partial charge in [0.05, 0.1) is 14.2 Å². The van der Waals surface area contributed by atoms with Crippen LogP contribution in [0.15, 0.2) is 48.5 Å². The number of esters is 2. The number of hydrogen-bond acceptors (Lipinski definition) is 6. The van der Waals surface area contributed by atoms with E-state index in [-0.39, 0.29) is 24.5 Å². The fourth-order valence-corrected chi connectivity index (χ4v) is 7.49. The predicted octanol–water partition coefficient (Wildman–Crippen LogP) is 5.41. The first-order chi connectivity index (χ1) is 17.8. The van der Waals surface area contributed by atoms with E-state index in [2.05, 4.69) is 30.3 Å². The second kappa shape index (κ2) is 9.96. The number of carbonyl (C=O) groups is 3. The van der Waals surface area contributed by atoms with Crippen molar-refractivity contribution in [2.75, 3.05) is 14.2 Å². The van der Waals surface area contributed by atoms with E-state index in [4.69, 9.17) is 14.2 Å². The summed E-state index contributed by atoms with van der Waals surface area (Å²) < 4.78 is 16.1. The average molecular weight is 505 g/mol. The molecule has 0 spiro atoms. The van der Waals surface area contributed by atoms with Gasteiger partial charge in [-0.05, 0) is 85.1 Å². The molecule has 0 unspecified atom stereocenters. The number of aryl methyl sites for hydroxylation is 1. The Bertz CT molecular complexity index is 1190. The molecule has 3 aliphatic carbocycles. The lowest BCUT2D eigenvalue weighted by molar-refractivity contribution is -0.159. The molecule has 37 heavy (non-hydrogen) atoms. The van der Waals surface area contributed by atoms with E-state index in [1.54, 1.807) is 0 Å². The summed E-state index contributed by atoms with van der Waals surface area (Å²) in [7, 11) is 2.66. The Morgan fingerprint density at radius 1 is 1.03 bits per heavy atom. The van der Waals surface area contributed by atoms with Gasteiger partial charge in [-0.2, -0.15) is 0 Å². The molecule has 5 atom stereocenters. The van der Waals surface area contributed by atoms with Crippen LogP contribution < -0.4 is 4.74 Å². The summed E-state index contributed by atoms with van der Waals surface area (Å²) in [6.45, 7) is 2.57. The number of fused-ring (bicyclic) bond motifs is 5.